The zero-order valence-electron chi connectivity index (χ0n) is 21.5. The minimum absolute atomic E-state index is 0.0331. The maximum atomic E-state index is 13.3. The Hall–Kier alpha value is -2.10. The number of fused-ring (bicyclic) bond motifs is 1. The molecule has 0 aromatic rings. The van der Waals surface area contributed by atoms with Crippen LogP contribution in [0.3, 0.4) is 0 Å². The van der Waals surface area contributed by atoms with E-state index >= 15 is 0 Å². The standard InChI is InChI=1S/C30H42F3N/c1-6-24(3)26(30(31,32)33)19-15-13-14-18-25-22-28(4,7-2)29(5)21-17-12-10-8-9-11-16-20-27(29)34-23-25/h8-9,13-14,16-17,19-24,27H,6-7,10-12,15,18H2,1-5H3/b9-8-,14-13+,20-16+,21-17?,26-19?/t24-,27?,28?,29?/m1/s1. The van der Waals surface area contributed by atoms with E-state index in [1.807, 2.05) is 18.4 Å². The molecule has 0 N–H and O–H groups in total. The molecular weight excluding hydrogens is 431 g/mol. The molecule has 188 valence electrons. The molecule has 1 nitrogen and oxygen atoms in total. The maximum absolute atomic E-state index is 13.3. The van der Waals surface area contributed by atoms with Crippen molar-refractivity contribution in [1.82, 2.24) is 0 Å². The van der Waals surface area contributed by atoms with Crippen LogP contribution in [0.5, 0.6) is 0 Å². The third kappa shape index (κ3) is 7.20. The lowest BCUT2D eigenvalue weighted by molar-refractivity contribution is -0.0987. The first-order chi connectivity index (χ1) is 16.1. The summed E-state index contributed by atoms with van der Waals surface area (Å²) in [5, 5.41) is 0. The molecule has 4 atom stereocenters. The van der Waals surface area contributed by atoms with Crippen LogP contribution in [0.4, 0.5) is 13.2 Å². The van der Waals surface area contributed by atoms with Gasteiger partial charge in [-0.1, -0.05) is 95.4 Å². The van der Waals surface area contributed by atoms with Gasteiger partial charge in [0, 0.05) is 17.2 Å². The van der Waals surface area contributed by atoms with Crippen LogP contribution in [0.15, 0.2) is 76.9 Å². The van der Waals surface area contributed by atoms with Crippen molar-refractivity contribution in [3.63, 3.8) is 0 Å². The van der Waals surface area contributed by atoms with Gasteiger partial charge in [0.25, 0.3) is 0 Å². The molecule has 0 aromatic carbocycles. The summed E-state index contributed by atoms with van der Waals surface area (Å²) in [7, 11) is 0. The summed E-state index contributed by atoms with van der Waals surface area (Å²) in [5.41, 5.74) is 0.434. The minimum Gasteiger partial charge on any atom is -0.285 e. The smallest absolute Gasteiger partial charge is 0.285 e. The highest BCUT2D eigenvalue weighted by Crippen LogP contribution is 2.50. The molecule has 2 aliphatic rings. The highest BCUT2D eigenvalue weighted by molar-refractivity contribution is 5.80. The summed E-state index contributed by atoms with van der Waals surface area (Å²) in [5.74, 6) is -0.484. The van der Waals surface area contributed by atoms with Gasteiger partial charge in [0.05, 0.1) is 6.04 Å². The lowest BCUT2D eigenvalue weighted by Gasteiger charge is -2.45. The molecular formula is C30H42F3N. The van der Waals surface area contributed by atoms with Gasteiger partial charge in [-0.2, -0.15) is 13.2 Å². The molecule has 0 saturated carbocycles. The average Bonchev–Trinajstić information content (AvgIpc) is 2.91. The SMILES string of the molecule is CC[C@@H](C)C(=CC/C=C/CC1=CC(C)(CC)C2(C)C=CCC/C=C\C/C=C/C2N=C1)C(F)(F)F. The molecule has 1 aliphatic carbocycles. The molecule has 4 heteroatoms. The van der Waals surface area contributed by atoms with E-state index in [-0.39, 0.29) is 23.3 Å². The van der Waals surface area contributed by atoms with Crippen molar-refractivity contribution in [1.29, 1.82) is 0 Å². The summed E-state index contributed by atoms with van der Waals surface area (Å²) in [4.78, 5) is 4.99. The van der Waals surface area contributed by atoms with Gasteiger partial charge >= 0.3 is 6.18 Å². The Morgan fingerprint density at radius 1 is 1.12 bits per heavy atom. The molecule has 0 radical (unpaired) electrons. The second kappa shape index (κ2) is 12.6. The largest absolute Gasteiger partial charge is 0.412 e. The van der Waals surface area contributed by atoms with Gasteiger partial charge in [-0.15, -0.1) is 0 Å². The number of hydrogen-bond donors (Lipinski definition) is 0. The Morgan fingerprint density at radius 3 is 2.53 bits per heavy atom. The van der Waals surface area contributed by atoms with Crippen molar-refractivity contribution in [2.24, 2.45) is 21.7 Å². The van der Waals surface area contributed by atoms with Crippen molar-refractivity contribution in [3.05, 3.63) is 71.9 Å². The molecule has 34 heavy (non-hydrogen) atoms. The van der Waals surface area contributed by atoms with Crippen LogP contribution >= 0.6 is 0 Å². The number of hydrogen-bond acceptors (Lipinski definition) is 1. The summed E-state index contributed by atoms with van der Waals surface area (Å²) < 4.78 is 39.9. The molecule has 0 bridgehead atoms. The third-order valence-electron chi connectivity index (χ3n) is 7.67. The Bertz CT molecular complexity index is 868. The normalized spacial score (nSPS) is 31.4. The van der Waals surface area contributed by atoms with Crippen LogP contribution in [0.2, 0.25) is 0 Å². The van der Waals surface area contributed by atoms with Crippen LogP contribution in [-0.4, -0.2) is 18.4 Å². The van der Waals surface area contributed by atoms with Crippen molar-refractivity contribution in [2.45, 2.75) is 91.8 Å². The fourth-order valence-electron chi connectivity index (χ4n) is 4.75. The lowest BCUT2D eigenvalue weighted by Crippen LogP contribution is -2.42. The van der Waals surface area contributed by atoms with Crippen LogP contribution in [0.25, 0.3) is 0 Å². The predicted octanol–water partition coefficient (Wildman–Crippen LogP) is 9.51. The van der Waals surface area contributed by atoms with Crippen LogP contribution < -0.4 is 0 Å². The predicted molar refractivity (Wildman–Crippen MR) is 140 cm³/mol. The van der Waals surface area contributed by atoms with Crippen molar-refractivity contribution < 1.29 is 13.2 Å². The fraction of sp³-hybridized carbons (Fsp3) is 0.567. The molecule has 1 aliphatic heterocycles. The second-order valence-corrected chi connectivity index (χ2v) is 9.99. The number of alkyl halides is 3. The number of allylic oxidation sites excluding steroid dienone is 10. The maximum Gasteiger partial charge on any atom is 0.412 e. The summed E-state index contributed by atoms with van der Waals surface area (Å²) in [6.45, 7) is 10.3. The van der Waals surface area contributed by atoms with Gasteiger partial charge in [-0.05, 0) is 61.9 Å². The number of halogens is 3. The van der Waals surface area contributed by atoms with Crippen molar-refractivity contribution in [2.75, 3.05) is 0 Å². The van der Waals surface area contributed by atoms with Gasteiger partial charge in [0.2, 0.25) is 0 Å². The van der Waals surface area contributed by atoms with E-state index in [1.165, 1.54) is 6.08 Å². The molecule has 2 rings (SSSR count). The zero-order valence-corrected chi connectivity index (χ0v) is 21.5. The highest BCUT2D eigenvalue weighted by atomic mass is 19.4. The van der Waals surface area contributed by atoms with Crippen LogP contribution in [-0.2, 0) is 0 Å². The Labute approximate surface area is 205 Å². The number of nitrogens with zero attached hydrogens (tertiary/aromatic N) is 1. The third-order valence-corrected chi connectivity index (χ3v) is 7.67. The van der Waals surface area contributed by atoms with Gasteiger partial charge in [0.15, 0.2) is 0 Å². The van der Waals surface area contributed by atoms with Crippen LogP contribution in [0, 0.1) is 16.7 Å². The highest BCUT2D eigenvalue weighted by Gasteiger charge is 2.46. The Morgan fingerprint density at radius 2 is 1.85 bits per heavy atom. The Kier molecular flexibility index (Phi) is 10.4. The molecule has 3 unspecified atom stereocenters. The van der Waals surface area contributed by atoms with Crippen molar-refractivity contribution >= 4 is 6.21 Å². The molecule has 0 fully saturated rings. The first-order valence-corrected chi connectivity index (χ1v) is 12.7. The van der Waals surface area contributed by atoms with Gasteiger partial charge < -0.3 is 0 Å². The van der Waals surface area contributed by atoms with Gasteiger partial charge in [0.1, 0.15) is 0 Å². The minimum atomic E-state index is -4.26. The van der Waals surface area contributed by atoms with E-state index in [4.69, 9.17) is 4.99 Å². The summed E-state index contributed by atoms with van der Waals surface area (Å²) in [6.07, 6.45) is 24.1. The topological polar surface area (TPSA) is 12.4 Å². The Balaban J connectivity index is 2.26. The summed E-state index contributed by atoms with van der Waals surface area (Å²) >= 11 is 0. The van der Waals surface area contributed by atoms with E-state index < -0.39 is 17.7 Å². The fourth-order valence-corrected chi connectivity index (χ4v) is 4.75. The van der Waals surface area contributed by atoms with Crippen LogP contribution in [0.1, 0.15) is 79.6 Å². The monoisotopic (exact) mass is 473 g/mol. The van der Waals surface area contributed by atoms with E-state index in [2.05, 4.69) is 63.3 Å². The number of aliphatic imine (C=N–C) groups is 1. The van der Waals surface area contributed by atoms with E-state index in [0.717, 1.165) is 31.3 Å². The molecule has 0 aromatic heterocycles. The van der Waals surface area contributed by atoms with E-state index in [0.29, 0.717) is 12.8 Å². The van der Waals surface area contributed by atoms with E-state index in [9.17, 15) is 13.2 Å². The summed E-state index contributed by atoms with van der Waals surface area (Å²) in [6, 6.07) is 0.0331. The molecule has 0 spiro atoms. The molecule has 1 heterocycles. The van der Waals surface area contributed by atoms with Crippen molar-refractivity contribution in [3.8, 4) is 0 Å². The zero-order chi connectivity index (χ0) is 25.2. The molecule has 0 saturated heterocycles. The van der Waals surface area contributed by atoms with Gasteiger partial charge in [-0.3, -0.25) is 4.99 Å². The quantitative estimate of drug-likeness (QED) is 0.326. The number of rotatable bonds is 7. The second-order valence-electron chi connectivity index (χ2n) is 9.99. The van der Waals surface area contributed by atoms with Gasteiger partial charge in [-0.25, -0.2) is 0 Å². The first kappa shape index (κ1) is 28.1. The first-order valence-electron chi connectivity index (χ1n) is 12.7. The lowest BCUT2D eigenvalue weighted by atomic mass is 9.59. The molecule has 0 amide bonds. The average molecular weight is 474 g/mol. The van der Waals surface area contributed by atoms with E-state index in [1.54, 1.807) is 13.8 Å².